The first-order valence-corrected chi connectivity index (χ1v) is 11.2. The number of hydrogen-bond acceptors (Lipinski definition) is 4. The number of halogens is 2. The summed E-state index contributed by atoms with van der Waals surface area (Å²) in [6.07, 6.45) is 0. The van der Waals surface area contributed by atoms with Crippen molar-refractivity contribution in [2.45, 2.75) is 6.92 Å². The summed E-state index contributed by atoms with van der Waals surface area (Å²) in [5.41, 5.74) is 8.74. The molecule has 0 bridgehead atoms. The molecule has 7 nitrogen and oxygen atoms in total. The van der Waals surface area contributed by atoms with Crippen LogP contribution in [-0.2, 0) is 0 Å². The summed E-state index contributed by atoms with van der Waals surface area (Å²) < 4.78 is 0. The van der Waals surface area contributed by atoms with Crippen molar-refractivity contribution in [2.75, 3.05) is 36.2 Å². The molecule has 34 heavy (non-hydrogen) atoms. The molecule has 0 aliphatic carbocycles. The Morgan fingerprint density at radius 1 is 0.882 bits per heavy atom. The summed E-state index contributed by atoms with van der Waals surface area (Å²) in [5, 5.41) is 6.59. The van der Waals surface area contributed by atoms with Gasteiger partial charge in [-0.3, -0.25) is 14.6 Å². The van der Waals surface area contributed by atoms with E-state index in [1.54, 1.807) is 73.6 Å². The van der Waals surface area contributed by atoms with E-state index in [1.165, 1.54) is 6.07 Å². The molecule has 176 valence electrons. The third-order valence-corrected chi connectivity index (χ3v) is 5.39. The number of amides is 2. The first-order chi connectivity index (χ1) is 16.2. The van der Waals surface area contributed by atoms with Crippen molar-refractivity contribution < 1.29 is 9.59 Å². The molecule has 3 rings (SSSR count). The van der Waals surface area contributed by atoms with Crippen molar-refractivity contribution in [3.05, 3.63) is 87.4 Å². The number of hydrogen-bond donors (Lipinski definition) is 3. The zero-order chi connectivity index (χ0) is 24.8. The number of aliphatic imine (C=N–C) groups is 1. The molecule has 3 aromatic carbocycles. The fourth-order valence-corrected chi connectivity index (χ4v) is 3.57. The number of carbonyl (C=O) groups is 2. The van der Waals surface area contributed by atoms with Crippen LogP contribution < -0.4 is 21.3 Å². The average molecular weight is 498 g/mol. The van der Waals surface area contributed by atoms with Gasteiger partial charge in [0.15, 0.2) is 0 Å². The van der Waals surface area contributed by atoms with Crippen molar-refractivity contribution >= 4 is 57.9 Å². The second-order valence-electron chi connectivity index (χ2n) is 7.59. The van der Waals surface area contributed by atoms with E-state index in [-0.39, 0.29) is 11.5 Å². The molecule has 0 saturated carbocycles. The van der Waals surface area contributed by atoms with E-state index < -0.39 is 5.91 Å². The van der Waals surface area contributed by atoms with Crippen LogP contribution in [-0.4, -0.2) is 38.3 Å². The standard InChI is InChI=1S/C25H25Cl2N5O2/c1-4-29-23(28)15-5-7-16(8-6-15)24(33)31-22-20(13-18(27)14-21(22)32(2)3)25(34)30-19-11-9-17(26)10-12-19/h5-14H,4H2,1-3H3,(H2,28,29)(H,30,34)(H,31,33). The SMILES string of the molecule is CCN=C(N)c1ccc(C(=O)Nc2c(C(=O)Nc3ccc(Cl)cc3)cc(Cl)cc2N(C)C)cc1. The van der Waals surface area contributed by atoms with Gasteiger partial charge in [-0.05, 0) is 55.5 Å². The van der Waals surface area contributed by atoms with Gasteiger partial charge in [0.25, 0.3) is 11.8 Å². The van der Waals surface area contributed by atoms with Crippen molar-refractivity contribution in [3.8, 4) is 0 Å². The molecular formula is C25H25Cl2N5O2. The Bertz CT molecular complexity index is 1220. The quantitative estimate of drug-likeness (QED) is 0.305. The molecule has 0 atom stereocenters. The number of anilines is 3. The van der Waals surface area contributed by atoms with Gasteiger partial charge in [-0.1, -0.05) is 35.3 Å². The summed E-state index contributed by atoms with van der Waals surface area (Å²) in [7, 11) is 3.60. The highest BCUT2D eigenvalue weighted by molar-refractivity contribution is 6.32. The van der Waals surface area contributed by atoms with Crippen LogP contribution in [0.2, 0.25) is 10.0 Å². The Balaban J connectivity index is 1.94. The lowest BCUT2D eigenvalue weighted by Crippen LogP contribution is -2.22. The summed E-state index contributed by atoms with van der Waals surface area (Å²) >= 11 is 12.2. The van der Waals surface area contributed by atoms with Crippen LogP contribution in [0.4, 0.5) is 17.1 Å². The van der Waals surface area contributed by atoms with E-state index in [4.69, 9.17) is 28.9 Å². The average Bonchev–Trinajstić information content (AvgIpc) is 2.81. The zero-order valence-electron chi connectivity index (χ0n) is 19.0. The maximum atomic E-state index is 13.1. The van der Waals surface area contributed by atoms with Gasteiger partial charge in [0.05, 0.1) is 16.9 Å². The summed E-state index contributed by atoms with van der Waals surface area (Å²) in [6, 6.07) is 16.7. The number of carbonyl (C=O) groups excluding carboxylic acids is 2. The molecule has 0 unspecified atom stereocenters. The number of nitrogens with zero attached hydrogens (tertiary/aromatic N) is 2. The van der Waals surface area contributed by atoms with E-state index in [0.29, 0.717) is 45.1 Å². The van der Waals surface area contributed by atoms with Crippen molar-refractivity contribution in [3.63, 3.8) is 0 Å². The van der Waals surface area contributed by atoms with Gasteiger partial charge < -0.3 is 21.3 Å². The Labute approximate surface area is 208 Å². The highest BCUT2D eigenvalue weighted by atomic mass is 35.5. The van der Waals surface area contributed by atoms with Crippen LogP contribution in [0.15, 0.2) is 65.7 Å². The molecule has 9 heteroatoms. The van der Waals surface area contributed by atoms with Gasteiger partial charge >= 0.3 is 0 Å². The lowest BCUT2D eigenvalue weighted by Gasteiger charge is -2.21. The predicted molar refractivity (Wildman–Crippen MR) is 141 cm³/mol. The van der Waals surface area contributed by atoms with E-state index in [2.05, 4.69) is 15.6 Å². The molecule has 0 spiro atoms. The van der Waals surface area contributed by atoms with Gasteiger partial charge in [0.1, 0.15) is 5.84 Å². The van der Waals surface area contributed by atoms with Gasteiger partial charge in [-0.15, -0.1) is 0 Å². The van der Waals surface area contributed by atoms with E-state index >= 15 is 0 Å². The first kappa shape index (κ1) is 25.1. The second-order valence-corrected chi connectivity index (χ2v) is 8.47. The van der Waals surface area contributed by atoms with E-state index in [1.807, 2.05) is 6.92 Å². The van der Waals surface area contributed by atoms with Gasteiger partial charge in [-0.25, -0.2) is 0 Å². The molecule has 0 fully saturated rings. The van der Waals surface area contributed by atoms with Gasteiger partial charge in [0, 0.05) is 47.5 Å². The van der Waals surface area contributed by atoms with E-state index in [9.17, 15) is 9.59 Å². The lowest BCUT2D eigenvalue weighted by atomic mass is 10.1. The topological polar surface area (TPSA) is 99.8 Å². The molecule has 4 N–H and O–H groups in total. The molecule has 0 saturated heterocycles. The lowest BCUT2D eigenvalue weighted by molar-refractivity contribution is 0.102. The van der Waals surface area contributed by atoms with Gasteiger partial charge in [-0.2, -0.15) is 0 Å². The summed E-state index contributed by atoms with van der Waals surface area (Å²) in [4.78, 5) is 32.2. The molecule has 0 aliphatic rings. The number of amidine groups is 1. The highest BCUT2D eigenvalue weighted by Gasteiger charge is 2.21. The molecule has 2 amide bonds. The maximum absolute atomic E-state index is 13.1. The summed E-state index contributed by atoms with van der Waals surface area (Å²) in [5.74, 6) is -0.408. The largest absolute Gasteiger partial charge is 0.384 e. The van der Waals surface area contributed by atoms with Gasteiger partial charge in [0.2, 0.25) is 0 Å². The molecule has 0 aromatic heterocycles. The van der Waals surface area contributed by atoms with Crippen molar-refractivity contribution in [2.24, 2.45) is 10.7 Å². The monoisotopic (exact) mass is 497 g/mol. The number of rotatable bonds is 7. The first-order valence-electron chi connectivity index (χ1n) is 10.5. The zero-order valence-corrected chi connectivity index (χ0v) is 20.5. The summed E-state index contributed by atoms with van der Waals surface area (Å²) in [6.45, 7) is 2.46. The molecular weight excluding hydrogens is 473 g/mol. The van der Waals surface area contributed by atoms with Crippen molar-refractivity contribution in [1.29, 1.82) is 0 Å². The third kappa shape index (κ3) is 6.07. The second kappa shape index (κ2) is 11.0. The van der Waals surface area contributed by atoms with Crippen LogP contribution in [0.3, 0.4) is 0 Å². The minimum atomic E-state index is -0.429. The van der Waals surface area contributed by atoms with Crippen LogP contribution in [0.5, 0.6) is 0 Å². The number of nitrogens with one attached hydrogen (secondary N) is 2. The fraction of sp³-hybridized carbons (Fsp3) is 0.160. The van der Waals surface area contributed by atoms with E-state index in [0.717, 1.165) is 5.56 Å². The van der Waals surface area contributed by atoms with Crippen molar-refractivity contribution in [1.82, 2.24) is 0 Å². The predicted octanol–water partition coefficient (Wildman–Crippen LogP) is 5.29. The fourth-order valence-electron chi connectivity index (χ4n) is 3.23. The van der Waals surface area contributed by atoms with Crippen LogP contribution >= 0.6 is 23.2 Å². The molecule has 0 heterocycles. The minimum absolute atomic E-state index is 0.218. The molecule has 0 radical (unpaired) electrons. The Morgan fingerprint density at radius 2 is 1.50 bits per heavy atom. The van der Waals surface area contributed by atoms with Crippen LogP contribution in [0, 0.1) is 0 Å². The smallest absolute Gasteiger partial charge is 0.257 e. The molecule has 3 aromatic rings. The highest BCUT2D eigenvalue weighted by Crippen LogP contribution is 2.33. The molecule has 0 aliphatic heterocycles. The van der Waals surface area contributed by atoms with Crippen LogP contribution in [0.1, 0.15) is 33.2 Å². The van der Waals surface area contributed by atoms with Crippen LogP contribution in [0.25, 0.3) is 0 Å². The Hall–Kier alpha value is -3.55. The Morgan fingerprint density at radius 3 is 2.09 bits per heavy atom. The Kier molecular flexibility index (Phi) is 8.15. The third-order valence-electron chi connectivity index (χ3n) is 4.92. The number of benzene rings is 3. The maximum Gasteiger partial charge on any atom is 0.257 e. The normalized spacial score (nSPS) is 11.1. The minimum Gasteiger partial charge on any atom is -0.384 e. The number of nitrogens with two attached hydrogens (primary N) is 1.